The van der Waals surface area contributed by atoms with Crippen LogP contribution < -0.4 is 10.6 Å². The fourth-order valence-electron chi connectivity index (χ4n) is 5.41. The predicted octanol–water partition coefficient (Wildman–Crippen LogP) is 1.47. The van der Waals surface area contributed by atoms with Crippen molar-refractivity contribution in [3.63, 3.8) is 0 Å². The summed E-state index contributed by atoms with van der Waals surface area (Å²) < 4.78 is 5.48. The van der Waals surface area contributed by atoms with Crippen LogP contribution in [0.2, 0.25) is 0 Å². The number of carbonyl (C=O) groups excluding carboxylic acids is 3. The fourth-order valence-corrected chi connectivity index (χ4v) is 5.41. The third-order valence-electron chi connectivity index (χ3n) is 7.51. The minimum atomic E-state index is -1.38. The van der Waals surface area contributed by atoms with E-state index >= 15 is 0 Å². The number of fused-ring (bicyclic) bond motifs is 2. The minimum Gasteiger partial charge on any atom is -0.479 e. The molecule has 10 heteroatoms. The number of aliphatic carboxylic acids is 1. The van der Waals surface area contributed by atoms with Gasteiger partial charge in [0.2, 0.25) is 11.8 Å². The largest absolute Gasteiger partial charge is 0.479 e. The Morgan fingerprint density at radius 1 is 1.12 bits per heavy atom. The average molecular weight is 478 g/mol. The Bertz CT molecular complexity index is 840. The summed E-state index contributed by atoms with van der Waals surface area (Å²) in [4.78, 5) is 52.3. The van der Waals surface area contributed by atoms with Crippen molar-refractivity contribution in [2.24, 2.45) is 5.92 Å². The van der Waals surface area contributed by atoms with Crippen LogP contribution in [-0.4, -0.2) is 75.4 Å². The normalized spacial score (nSPS) is 34.9. The Kier molecular flexibility index (Phi) is 7.45. The highest BCUT2D eigenvalue weighted by Crippen LogP contribution is 2.45. The molecule has 0 radical (unpaired) electrons. The van der Waals surface area contributed by atoms with Crippen molar-refractivity contribution in [1.29, 1.82) is 0 Å². The predicted molar refractivity (Wildman–Crippen MR) is 121 cm³/mol. The van der Waals surface area contributed by atoms with Crippen molar-refractivity contribution in [2.45, 2.75) is 100 Å². The van der Waals surface area contributed by atoms with Crippen LogP contribution in [0.3, 0.4) is 0 Å². The number of aliphatic hydroxyl groups excluding tert-OH is 1. The number of hydrogen-bond donors (Lipinski definition) is 4. The van der Waals surface area contributed by atoms with E-state index in [9.17, 15) is 29.4 Å². The Hall–Kier alpha value is -2.62. The van der Waals surface area contributed by atoms with E-state index in [1.54, 1.807) is 0 Å². The molecule has 2 heterocycles. The molecule has 2 saturated carbocycles. The molecule has 188 valence electrons. The summed E-state index contributed by atoms with van der Waals surface area (Å²) in [6.07, 6.45) is 9.65. The number of nitrogens with one attached hydrogen (secondary N) is 2. The quantitative estimate of drug-likeness (QED) is 0.450. The minimum absolute atomic E-state index is 0.0209. The Morgan fingerprint density at radius 3 is 2.59 bits per heavy atom. The van der Waals surface area contributed by atoms with Gasteiger partial charge in [0.05, 0.1) is 6.10 Å². The molecule has 4 rings (SSSR count). The molecule has 34 heavy (non-hydrogen) atoms. The number of hydrogen-bond acceptors (Lipinski definition) is 6. The second-order valence-electron chi connectivity index (χ2n) is 10.0. The van der Waals surface area contributed by atoms with Crippen molar-refractivity contribution in [2.75, 3.05) is 6.54 Å². The number of carbonyl (C=O) groups is 4. The molecule has 4 N–H and O–H groups in total. The van der Waals surface area contributed by atoms with Crippen LogP contribution in [0.1, 0.15) is 70.6 Å². The lowest BCUT2D eigenvalue weighted by molar-refractivity contribution is -0.145. The van der Waals surface area contributed by atoms with Crippen LogP contribution in [0, 0.1) is 5.92 Å². The molecule has 2 aliphatic carbocycles. The molecule has 2 aliphatic heterocycles. The van der Waals surface area contributed by atoms with Gasteiger partial charge in [0.15, 0.2) is 0 Å². The number of rotatable bonds is 3. The number of carboxylic acids is 1. The first-order valence-corrected chi connectivity index (χ1v) is 12.5. The molecule has 3 fully saturated rings. The summed E-state index contributed by atoms with van der Waals surface area (Å²) in [5, 5.41) is 25.4. The SMILES string of the molecule is O=C(N[C@H]1CCCCCC=C[C@@H]2C[C@@]2(C(=O)O)NC(=O)[C@@H]2C[C@@H](O)CN2C1=O)OC1CCCC1. The highest BCUT2D eigenvalue weighted by molar-refractivity contribution is 5.96. The molecule has 0 unspecified atom stereocenters. The van der Waals surface area contributed by atoms with Gasteiger partial charge in [-0.25, -0.2) is 9.59 Å². The molecule has 0 aromatic heterocycles. The maximum Gasteiger partial charge on any atom is 0.408 e. The third-order valence-corrected chi connectivity index (χ3v) is 7.51. The number of amides is 3. The van der Waals surface area contributed by atoms with Crippen LogP contribution in [0.4, 0.5) is 4.79 Å². The number of ether oxygens (including phenoxy) is 1. The summed E-state index contributed by atoms with van der Waals surface area (Å²) >= 11 is 0. The molecule has 4 aliphatic rings. The number of aliphatic hydroxyl groups is 1. The zero-order valence-corrected chi connectivity index (χ0v) is 19.4. The van der Waals surface area contributed by atoms with E-state index in [1.165, 1.54) is 4.90 Å². The lowest BCUT2D eigenvalue weighted by Crippen LogP contribution is -2.56. The van der Waals surface area contributed by atoms with Gasteiger partial charge in [0.1, 0.15) is 23.7 Å². The number of nitrogens with zero attached hydrogens (tertiary/aromatic N) is 1. The maximum absolute atomic E-state index is 13.5. The lowest BCUT2D eigenvalue weighted by Gasteiger charge is -2.29. The van der Waals surface area contributed by atoms with Crippen LogP contribution in [0.5, 0.6) is 0 Å². The highest BCUT2D eigenvalue weighted by atomic mass is 16.6. The third kappa shape index (κ3) is 5.37. The van der Waals surface area contributed by atoms with Crippen LogP contribution in [0.25, 0.3) is 0 Å². The van der Waals surface area contributed by atoms with Gasteiger partial charge in [-0.1, -0.05) is 25.0 Å². The van der Waals surface area contributed by atoms with Crippen molar-refractivity contribution in [3.8, 4) is 0 Å². The summed E-state index contributed by atoms with van der Waals surface area (Å²) in [6, 6.07) is -1.87. The Morgan fingerprint density at radius 2 is 1.85 bits per heavy atom. The Balaban J connectivity index is 1.51. The van der Waals surface area contributed by atoms with Gasteiger partial charge in [0, 0.05) is 18.9 Å². The van der Waals surface area contributed by atoms with Gasteiger partial charge in [-0.3, -0.25) is 9.59 Å². The van der Waals surface area contributed by atoms with E-state index < -0.39 is 47.6 Å². The molecule has 0 spiro atoms. The van der Waals surface area contributed by atoms with Crippen LogP contribution in [-0.2, 0) is 19.1 Å². The Labute approximate surface area is 199 Å². The second-order valence-corrected chi connectivity index (χ2v) is 10.0. The van der Waals surface area contributed by atoms with Crippen molar-refractivity contribution < 1.29 is 34.1 Å². The van der Waals surface area contributed by atoms with Crippen molar-refractivity contribution in [1.82, 2.24) is 15.5 Å². The smallest absolute Gasteiger partial charge is 0.408 e. The molecule has 3 amide bonds. The molecule has 0 aromatic rings. The molecular formula is C24H35N3O7. The summed E-state index contributed by atoms with van der Waals surface area (Å²) in [5.41, 5.74) is -1.38. The average Bonchev–Trinajstić information content (AvgIpc) is 3.10. The molecule has 0 aromatic carbocycles. The van der Waals surface area contributed by atoms with Crippen LogP contribution >= 0.6 is 0 Å². The van der Waals surface area contributed by atoms with Crippen molar-refractivity contribution >= 4 is 23.9 Å². The first-order valence-electron chi connectivity index (χ1n) is 12.5. The van der Waals surface area contributed by atoms with Crippen LogP contribution in [0.15, 0.2) is 12.2 Å². The molecule has 1 saturated heterocycles. The first kappa shape index (κ1) is 24.5. The van der Waals surface area contributed by atoms with Gasteiger partial charge >= 0.3 is 12.1 Å². The van der Waals surface area contributed by atoms with Gasteiger partial charge < -0.3 is 30.5 Å². The van der Waals surface area contributed by atoms with E-state index in [-0.39, 0.29) is 25.0 Å². The highest BCUT2D eigenvalue weighted by Gasteiger charge is 2.61. The number of allylic oxidation sites excluding steroid dienone is 1. The van der Waals surface area contributed by atoms with E-state index in [0.717, 1.165) is 44.9 Å². The van der Waals surface area contributed by atoms with E-state index in [1.807, 2.05) is 12.2 Å². The summed E-state index contributed by atoms with van der Waals surface area (Å²) in [7, 11) is 0. The van der Waals surface area contributed by atoms with Gasteiger partial charge in [-0.2, -0.15) is 0 Å². The fraction of sp³-hybridized carbons (Fsp3) is 0.750. The lowest BCUT2D eigenvalue weighted by atomic mass is 10.0. The van der Waals surface area contributed by atoms with E-state index in [0.29, 0.717) is 19.3 Å². The zero-order chi connectivity index (χ0) is 24.3. The maximum atomic E-state index is 13.5. The second kappa shape index (κ2) is 10.3. The van der Waals surface area contributed by atoms with Gasteiger partial charge in [-0.05, 0) is 51.4 Å². The van der Waals surface area contributed by atoms with E-state index in [2.05, 4.69) is 10.6 Å². The van der Waals surface area contributed by atoms with Crippen molar-refractivity contribution in [3.05, 3.63) is 12.2 Å². The number of carboxylic acid groups (broad SMARTS) is 1. The molecule has 5 atom stereocenters. The van der Waals surface area contributed by atoms with Gasteiger partial charge in [-0.15, -0.1) is 0 Å². The first-order chi connectivity index (χ1) is 16.3. The standard InChI is InChI=1S/C24H35N3O7/c28-16-12-19-20(29)26-24(22(31)32)13-15(24)8-4-2-1-3-5-11-18(21(30)27(19)14-16)25-23(33)34-17-9-6-7-10-17/h4,8,15-19,28H,1-3,5-7,9-14H2,(H,25,33)(H,26,29)(H,31,32)/t15-,16-,18+,19+,24-/m1/s1. The topological polar surface area (TPSA) is 145 Å². The molecular weight excluding hydrogens is 442 g/mol. The zero-order valence-electron chi connectivity index (χ0n) is 19.4. The summed E-state index contributed by atoms with van der Waals surface area (Å²) in [6.45, 7) is -0.0455. The summed E-state index contributed by atoms with van der Waals surface area (Å²) in [5.74, 6) is -2.45. The van der Waals surface area contributed by atoms with E-state index in [4.69, 9.17) is 4.74 Å². The molecule has 10 nitrogen and oxygen atoms in total. The monoisotopic (exact) mass is 477 g/mol. The number of alkyl carbamates (subject to hydrolysis) is 1. The van der Waals surface area contributed by atoms with Gasteiger partial charge in [0.25, 0.3) is 0 Å². The molecule has 0 bridgehead atoms.